The quantitative estimate of drug-likeness (QED) is 0.421. The van der Waals surface area contributed by atoms with Gasteiger partial charge in [-0.15, -0.1) is 0 Å². The van der Waals surface area contributed by atoms with Gasteiger partial charge in [-0.05, 0) is 41.3 Å². The number of rotatable bonds is 7. The number of aliphatic hydroxyl groups is 1. The highest BCUT2D eigenvalue weighted by molar-refractivity contribution is 5.91. The van der Waals surface area contributed by atoms with Gasteiger partial charge in [-0.2, -0.15) is 5.10 Å². The number of fused-ring (bicyclic) bond motifs is 1. The standard InChI is InChI=1S/C23H25N5O/c1-16-19(17-7-4-3-5-8-17)9-6-10-20(16)26-23-21-22(28(2)27-23)18(11-12-25-21)15-24-13-14-29/h3-12,24,29H,13-15H2,1-2H3,(H,26,27). The number of aliphatic hydroxyl groups excluding tert-OH is 1. The second kappa shape index (κ2) is 8.43. The fraction of sp³-hybridized carbons (Fsp3) is 0.217. The first-order valence-corrected chi connectivity index (χ1v) is 9.73. The van der Waals surface area contributed by atoms with Gasteiger partial charge in [-0.25, -0.2) is 0 Å². The van der Waals surface area contributed by atoms with E-state index in [2.05, 4.69) is 70.1 Å². The molecule has 3 N–H and O–H groups in total. The fourth-order valence-corrected chi connectivity index (χ4v) is 3.63. The van der Waals surface area contributed by atoms with Gasteiger partial charge in [0.25, 0.3) is 0 Å². The third-order valence-corrected chi connectivity index (χ3v) is 5.08. The molecule has 0 unspecified atom stereocenters. The highest BCUT2D eigenvalue weighted by atomic mass is 16.3. The Kier molecular flexibility index (Phi) is 5.55. The lowest BCUT2D eigenvalue weighted by atomic mass is 9.99. The summed E-state index contributed by atoms with van der Waals surface area (Å²) in [5.41, 5.74) is 7.47. The molecule has 2 aromatic heterocycles. The minimum Gasteiger partial charge on any atom is -0.395 e. The predicted molar refractivity (Wildman–Crippen MR) is 117 cm³/mol. The minimum absolute atomic E-state index is 0.115. The predicted octanol–water partition coefficient (Wildman–Crippen LogP) is 3.77. The van der Waals surface area contributed by atoms with Crippen LogP contribution in [0.2, 0.25) is 0 Å². The summed E-state index contributed by atoms with van der Waals surface area (Å²) in [6, 6.07) is 18.6. The normalized spacial score (nSPS) is 11.1. The first-order chi connectivity index (χ1) is 14.2. The van der Waals surface area contributed by atoms with Crippen molar-refractivity contribution < 1.29 is 5.11 Å². The lowest BCUT2D eigenvalue weighted by Gasteiger charge is -2.12. The Hall–Kier alpha value is -3.22. The van der Waals surface area contributed by atoms with Gasteiger partial charge in [0.05, 0.1) is 12.1 Å². The SMILES string of the molecule is Cc1c(Nc2nn(C)c3c(CNCCO)ccnc23)cccc1-c1ccccc1. The molecule has 0 saturated heterocycles. The van der Waals surface area contributed by atoms with Gasteiger partial charge < -0.3 is 15.7 Å². The van der Waals surface area contributed by atoms with Crippen LogP contribution in [0.15, 0.2) is 60.8 Å². The Morgan fingerprint density at radius 3 is 2.66 bits per heavy atom. The lowest BCUT2D eigenvalue weighted by molar-refractivity contribution is 0.292. The van der Waals surface area contributed by atoms with E-state index in [1.165, 1.54) is 16.7 Å². The first-order valence-electron chi connectivity index (χ1n) is 9.73. The van der Waals surface area contributed by atoms with E-state index in [0.717, 1.165) is 28.1 Å². The van der Waals surface area contributed by atoms with Gasteiger partial charge in [0.15, 0.2) is 5.82 Å². The number of pyridine rings is 1. The summed E-state index contributed by atoms with van der Waals surface area (Å²) in [6.45, 7) is 3.44. The highest BCUT2D eigenvalue weighted by Crippen LogP contribution is 2.32. The van der Waals surface area contributed by atoms with Crippen LogP contribution in [0.4, 0.5) is 11.5 Å². The number of nitrogens with zero attached hydrogens (tertiary/aromatic N) is 3. The van der Waals surface area contributed by atoms with Gasteiger partial charge in [-0.1, -0.05) is 42.5 Å². The monoisotopic (exact) mass is 387 g/mol. The second-order valence-electron chi connectivity index (χ2n) is 7.01. The molecule has 0 radical (unpaired) electrons. The van der Waals surface area contributed by atoms with Crippen molar-refractivity contribution in [1.29, 1.82) is 0 Å². The van der Waals surface area contributed by atoms with Crippen molar-refractivity contribution in [2.75, 3.05) is 18.5 Å². The molecule has 4 aromatic rings. The summed E-state index contributed by atoms with van der Waals surface area (Å²) in [7, 11) is 1.93. The Bertz CT molecular complexity index is 1120. The molecular weight excluding hydrogens is 362 g/mol. The van der Waals surface area contributed by atoms with E-state index in [-0.39, 0.29) is 6.61 Å². The van der Waals surface area contributed by atoms with Crippen LogP contribution in [0.25, 0.3) is 22.2 Å². The van der Waals surface area contributed by atoms with Gasteiger partial charge in [0, 0.05) is 32.0 Å². The number of nitrogens with one attached hydrogen (secondary N) is 2. The summed E-state index contributed by atoms with van der Waals surface area (Å²) in [5, 5.41) is 20.4. The number of hydrogen-bond donors (Lipinski definition) is 3. The topological polar surface area (TPSA) is 75.0 Å². The molecule has 0 spiro atoms. The smallest absolute Gasteiger partial charge is 0.179 e. The number of hydrogen-bond acceptors (Lipinski definition) is 5. The maximum atomic E-state index is 9.01. The summed E-state index contributed by atoms with van der Waals surface area (Å²) in [6.07, 6.45) is 1.80. The largest absolute Gasteiger partial charge is 0.395 e. The van der Waals surface area contributed by atoms with Crippen LogP contribution in [-0.2, 0) is 13.6 Å². The Morgan fingerprint density at radius 1 is 1.03 bits per heavy atom. The maximum Gasteiger partial charge on any atom is 0.179 e. The molecule has 0 fully saturated rings. The van der Waals surface area contributed by atoms with Crippen molar-refractivity contribution >= 4 is 22.5 Å². The molecule has 6 heteroatoms. The number of benzene rings is 2. The van der Waals surface area contributed by atoms with E-state index in [0.29, 0.717) is 13.1 Å². The van der Waals surface area contributed by atoms with Crippen molar-refractivity contribution in [3.63, 3.8) is 0 Å². The zero-order valence-electron chi connectivity index (χ0n) is 16.7. The Labute approximate surface area is 170 Å². The molecule has 148 valence electrons. The fourth-order valence-electron chi connectivity index (χ4n) is 3.63. The molecule has 2 aromatic carbocycles. The van der Waals surface area contributed by atoms with E-state index >= 15 is 0 Å². The molecular formula is C23H25N5O. The molecule has 0 saturated carbocycles. The number of aromatic nitrogens is 3. The number of anilines is 2. The Balaban J connectivity index is 1.70. The van der Waals surface area contributed by atoms with Gasteiger partial charge in [0.1, 0.15) is 5.52 Å². The maximum absolute atomic E-state index is 9.01. The highest BCUT2D eigenvalue weighted by Gasteiger charge is 2.15. The molecule has 0 aliphatic heterocycles. The third-order valence-electron chi connectivity index (χ3n) is 5.08. The van der Waals surface area contributed by atoms with E-state index in [1.54, 1.807) is 6.20 Å². The molecule has 29 heavy (non-hydrogen) atoms. The average Bonchev–Trinajstić information content (AvgIpc) is 3.07. The van der Waals surface area contributed by atoms with Crippen LogP contribution in [0.3, 0.4) is 0 Å². The van der Waals surface area contributed by atoms with Gasteiger partial charge in [-0.3, -0.25) is 9.67 Å². The summed E-state index contributed by atoms with van der Waals surface area (Å²) >= 11 is 0. The van der Waals surface area contributed by atoms with E-state index in [9.17, 15) is 0 Å². The van der Waals surface area contributed by atoms with Crippen molar-refractivity contribution in [3.8, 4) is 11.1 Å². The molecule has 0 aliphatic rings. The van der Waals surface area contributed by atoms with Gasteiger partial charge >= 0.3 is 0 Å². The average molecular weight is 387 g/mol. The van der Waals surface area contributed by atoms with Crippen LogP contribution < -0.4 is 10.6 Å². The molecule has 0 bridgehead atoms. The van der Waals surface area contributed by atoms with Crippen LogP contribution in [0, 0.1) is 6.92 Å². The molecule has 4 rings (SSSR count). The summed E-state index contributed by atoms with van der Waals surface area (Å²) in [5.74, 6) is 0.736. The minimum atomic E-state index is 0.115. The van der Waals surface area contributed by atoms with Crippen LogP contribution >= 0.6 is 0 Å². The number of aryl methyl sites for hydroxylation is 1. The molecule has 0 aliphatic carbocycles. The molecule has 0 atom stereocenters. The zero-order chi connectivity index (χ0) is 20.2. The molecule has 6 nitrogen and oxygen atoms in total. The third kappa shape index (κ3) is 3.85. The van der Waals surface area contributed by atoms with Crippen molar-refractivity contribution in [2.24, 2.45) is 7.05 Å². The zero-order valence-corrected chi connectivity index (χ0v) is 16.7. The van der Waals surface area contributed by atoms with E-state index in [1.807, 2.05) is 23.9 Å². The second-order valence-corrected chi connectivity index (χ2v) is 7.01. The molecule has 0 amide bonds. The van der Waals surface area contributed by atoms with E-state index < -0.39 is 0 Å². The summed E-state index contributed by atoms with van der Waals surface area (Å²) < 4.78 is 1.86. The molecule has 2 heterocycles. The van der Waals surface area contributed by atoms with Crippen molar-refractivity contribution in [2.45, 2.75) is 13.5 Å². The van der Waals surface area contributed by atoms with Crippen molar-refractivity contribution in [1.82, 2.24) is 20.1 Å². The Morgan fingerprint density at radius 2 is 1.86 bits per heavy atom. The first kappa shape index (κ1) is 19.1. The van der Waals surface area contributed by atoms with Crippen LogP contribution in [-0.4, -0.2) is 33.0 Å². The lowest BCUT2D eigenvalue weighted by Crippen LogP contribution is -2.18. The van der Waals surface area contributed by atoms with Crippen LogP contribution in [0.1, 0.15) is 11.1 Å². The summed E-state index contributed by atoms with van der Waals surface area (Å²) in [4.78, 5) is 4.57. The van der Waals surface area contributed by atoms with Crippen LogP contribution in [0.5, 0.6) is 0 Å². The van der Waals surface area contributed by atoms with Crippen molar-refractivity contribution in [3.05, 3.63) is 71.9 Å². The van der Waals surface area contributed by atoms with Gasteiger partial charge in [0.2, 0.25) is 0 Å². The van der Waals surface area contributed by atoms with E-state index in [4.69, 9.17) is 5.11 Å².